The molecule has 1 rings (SSSR count). The third-order valence-electron chi connectivity index (χ3n) is 1.86. The van der Waals surface area contributed by atoms with Gasteiger partial charge in [0.1, 0.15) is 0 Å². The number of carbonyl (C=O) groups excluding carboxylic acids is 1. The fraction of sp³-hybridized carbons (Fsp3) is 0.182. The smallest absolute Gasteiger partial charge is 0.243 e. The van der Waals surface area contributed by atoms with Crippen LogP contribution in [0.5, 0.6) is 0 Å². The number of amides is 1. The molecule has 1 amide bonds. The normalized spacial score (nSPS) is 10.5. The zero-order valence-corrected chi connectivity index (χ0v) is 9.76. The second-order valence-electron chi connectivity index (χ2n) is 2.96. The highest BCUT2D eigenvalue weighted by Crippen LogP contribution is 2.17. The highest BCUT2D eigenvalue weighted by atomic mass is 79.9. The van der Waals surface area contributed by atoms with Gasteiger partial charge in [-0.15, -0.1) is 0 Å². The molecule has 1 aromatic carbocycles. The van der Waals surface area contributed by atoms with E-state index in [-0.39, 0.29) is 5.91 Å². The second kappa shape index (κ2) is 4.96. The Hall–Kier alpha value is -1.09. The molecule has 0 aromatic heterocycles. The first-order valence-electron chi connectivity index (χ1n) is 4.29. The lowest BCUT2D eigenvalue weighted by Crippen LogP contribution is -2.13. The van der Waals surface area contributed by atoms with Gasteiger partial charge in [-0.3, -0.25) is 4.79 Å². The summed E-state index contributed by atoms with van der Waals surface area (Å²) in [7, 11) is 1.61. The van der Waals surface area contributed by atoms with E-state index >= 15 is 0 Å². The molecule has 0 aliphatic carbocycles. The third kappa shape index (κ3) is 3.00. The van der Waals surface area contributed by atoms with Crippen molar-refractivity contribution in [3.63, 3.8) is 0 Å². The molecule has 1 N–H and O–H groups in total. The van der Waals surface area contributed by atoms with Crippen LogP contribution >= 0.6 is 15.9 Å². The van der Waals surface area contributed by atoms with E-state index in [0.29, 0.717) is 0 Å². The lowest BCUT2D eigenvalue weighted by molar-refractivity contribution is -0.115. The minimum absolute atomic E-state index is 0.0921. The van der Waals surface area contributed by atoms with E-state index in [9.17, 15) is 4.79 Å². The number of likely N-dealkylation sites (N-methyl/N-ethyl adjacent to an activating group) is 1. The maximum atomic E-state index is 10.9. The van der Waals surface area contributed by atoms with E-state index in [4.69, 9.17) is 0 Å². The molecule has 3 heteroatoms. The summed E-state index contributed by atoms with van der Waals surface area (Å²) in [5.74, 6) is -0.0921. The summed E-state index contributed by atoms with van der Waals surface area (Å²) in [5.41, 5.74) is 2.18. The number of halogens is 1. The Morgan fingerprint density at radius 2 is 2.21 bits per heavy atom. The van der Waals surface area contributed by atoms with Crippen molar-refractivity contribution in [2.75, 3.05) is 7.05 Å². The van der Waals surface area contributed by atoms with Crippen LogP contribution in [-0.2, 0) is 4.79 Å². The van der Waals surface area contributed by atoms with Crippen LogP contribution < -0.4 is 5.32 Å². The van der Waals surface area contributed by atoms with E-state index < -0.39 is 0 Å². The summed E-state index contributed by atoms with van der Waals surface area (Å²) in [5, 5.41) is 2.53. The molecule has 0 heterocycles. The van der Waals surface area contributed by atoms with Crippen molar-refractivity contribution in [1.29, 1.82) is 0 Å². The van der Waals surface area contributed by atoms with Crippen molar-refractivity contribution in [3.05, 3.63) is 39.9 Å². The van der Waals surface area contributed by atoms with Crippen LogP contribution in [-0.4, -0.2) is 13.0 Å². The monoisotopic (exact) mass is 253 g/mol. The average molecular weight is 254 g/mol. The lowest BCUT2D eigenvalue weighted by Gasteiger charge is -1.99. The molecular formula is C11H12BrNO. The predicted octanol–water partition coefficient (Wildman–Crippen LogP) is 2.52. The van der Waals surface area contributed by atoms with Crippen molar-refractivity contribution in [3.8, 4) is 0 Å². The van der Waals surface area contributed by atoms with Gasteiger partial charge in [-0.2, -0.15) is 0 Å². The van der Waals surface area contributed by atoms with Crippen LogP contribution in [0.15, 0.2) is 28.7 Å². The topological polar surface area (TPSA) is 29.1 Å². The first kappa shape index (κ1) is 11.0. The van der Waals surface area contributed by atoms with Crippen LogP contribution in [0.4, 0.5) is 0 Å². The Labute approximate surface area is 92.1 Å². The molecule has 0 saturated carbocycles. The highest BCUT2D eigenvalue weighted by Gasteiger charge is 1.95. The molecule has 0 atom stereocenters. The third-order valence-corrected chi connectivity index (χ3v) is 2.75. The molecule has 14 heavy (non-hydrogen) atoms. The van der Waals surface area contributed by atoms with Gasteiger partial charge in [0.2, 0.25) is 5.91 Å². The molecule has 0 unspecified atom stereocenters. The summed E-state index contributed by atoms with van der Waals surface area (Å²) in [6.45, 7) is 2.02. The number of nitrogens with one attached hydrogen (secondary N) is 1. The SMILES string of the molecule is CNC(=O)/C=C/c1ccc(Br)c(C)c1. The van der Waals surface area contributed by atoms with Gasteiger partial charge in [0.15, 0.2) is 0 Å². The zero-order chi connectivity index (χ0) is 10.6. The number of rotatable bonds is 2. The highest BCUT2D eigenvalue weighted by molar-refractivity contribution is 9.10. The largest absolute Gasteiger partial charge is 0.356 e. The maximum absolute atomic E-state index is 10.9. The number of hydrogen-bond donors (Lipinski definition) is 1. The predicted molar refractivity (Wildman–Crippen MR) is 62.0 cm³/mol. The van der Waals surface area contributed by atoms with Crippen LogP contribution in [0.2, 0.25) is 0 Å². The molecule has 0 aliphatic rings. The van der Waals surface area contributed by atoms with E-state index in [1.54, 1.807) is 13.1 Å². The molecule has 0 spiro atoms. The van der Waals surface area contributed by atoms with Crippen molar-refractivity contribution >= 4 is 27.9 Å². The Morgan fingerprint density at radius 3 is 2.79 bits per heavy atom. The minimum atomic E-state index is -0.0921. The number of carbonyl (C=O) groups is 1. The molecule has 2 nitrogen and oxygen atoms in total. The molecule has 0 fully saturated rings. The van der Waals surface area contributed by atoms with Crippen molar-refractivity contribution in [2.24, 2.45) is 0 Å². The lowest BCUT2D eigenvalue weighted by atomic mass is 10.1. The number of hydrogen-bond acceptors (Lipinski definition) is 1. The quantitative estimate of drug-likeness (QED) is 0.807. The van der Waals surface area contributed by atoms with Crippen molar-refractivity contribution in [2.45, 2.75) is 6.92 Å². The summed E-state index contributed by atoms with van der Waals surface area (Å²) in [6, 6.07) is 5.94. The summed E-state index contributed by atoms with van der Waals surface area (Å²) in [6.07, 6.45) is 3.31. The van der Waals surface area contributed by atoms with Crippen LogP contribution in [0.3, 0.4) is 0 Å². The molecule has 74 valence electrons. The van der Waals surface area contributed by atoms with Gasteiger partial charge in [0.25, 0.3) is 0 Å². The minimum Gasteiger partial charge on any atom is -0.356 e. The standard InChI is InChI=1S/C11H12BrNO/c1-8-7-9(3-5-10(8)12)4-6-11(14)13-2/h3-7H,1-2H3,(H,13,14)/b6-4+. The molecule has 1 aromatic rings. The molecule has 0 aliphatic heterocycles. The van der Waals surface area contributed by atoms with E-state index in [0.717, 1.165) is 15.6 Å². The molecular weight excluding hydrogens is 242 g/mol. The molecule has 0 bridgehead atoms. The van der Waals surface area contributed by atoms with Crippen molar-refractivity contribution < 1.29 is 4.79 Å². The first-order chi connectivity index (χ1) is 6.63. The number of benzene rings is 1. The summed E-state index contributed by atoms with van der Waals surface area (Å²) < 4.78 is 1.08. The van der Waals surface area contributed by atoms with Crippen LogP contribution in [0, 0.1) is 6.92 Å². The Bertz CT molecular complexity index is 372. The van der Waals surface area contributed by atoms with Crippen LogP contribution in [0.1, 0.15) is 11.1 Å². The van der Waals surface area contributed by atoms with Gasteiger partial charge < -0.3 is 5.32 Å². The zero-order valence-electron chi connectivity index (χ0n) is 8.17. The van der Waals surface area contributed by atoms with Gasteiger partial charge in [-0.25, -0.2) is 0 Å². The Morgan fingerprint density at radius 1 is 1.50 bits per heavy atom. The van der Waals surface area contributed by atoms with Gasteiger partial charge in [0.05, 0.1) is 0 Å². The van der Waals surface area contributed by atoms with Crippen molar-refractivity contribution in [1.82, 2.24) is 5.32 Å². The molecule has 0 radical (unpaired) electrons. The van der Waals surface area contributed by atoms with Gasteiger partial charge >= 0.3 is 0 Å². The molecule has 0 saturated heterocycles. The number of aryl methyl sites for hydroxylation is 1. The van der Waals surface area contributed by atoms with E-state index in [2.05, 4.69) is 21.2 Å². The first-order valence-corrected chi connectivity index (χ1v) is 5.08. The van der Waals surface area contributed by atoms with Gasteiger partial charge in [0, 0.05) is 17.6 Å². The van der Waals surface area contributed by atoms with E-state index in [1.807, 2.05) is 25.1 Å². The summed E-state index contributed by atoms with van der Waals surface area (Å²) in [4.78, 5) is 10.9. The maximum Gasteiger partial charge on any atom is 0.243 e. The Balaban J connectivity index is 2.83. The van der Waals surface area contributed by atoms with Gasteiger partial charge in [-0.05, 0) is 30.2 Å². The Kier molecular flexibility index (Phi) is 3.89. The van der Waals surface area contributed by atoms with E-state index in [1.165, 1.54) is 6.08 Å². The van der Waals surface area contributed by atoms with Gasteiger partial charge in [-0.1, -0.05) is 28.1 Å². The fourth-order valence-corrected chi connectivity index (χ4v) is 1.27. The average Bonchev–Trinajstić information content (AvgIpc) is 2.19. The summed E-state index contributed by atoms with van der Waals surface area (Å²) >= 11 is 3.42. The fourth-order valence-electron chi connectivity index (χ4n) is 1.03. The second-order valence-corrected chi connectivity index (χ2v) is 3.81. The van der Waals surface area contributed by atoms with Crippen LogP contribution in [0.25, 0.3) is 6.08 Å².